The lowest BCUT2D eigenvalue weighted by atomic mass is 9.96. The van der Waals surface area contributed by atoms with E-state index in [0.717, 1.165) is 5.56 Å². The summed E-state index contributed by atoms with van der Waals surface area (Å²) in [5.74, 6) is 1.61. The fourth-order valence-electron chi connectivity index (χ4n) is 3.60. The number of carbonyl (C=O) groups excluding carboxylic acids is 1. The van der Waals surface area contributed by atoms with Crippen molar-refractivity contribution in [2.24, 2.45) is 7.05 Å². The molecule has 0 aliphatic carbocycles. The van der Waals surface area contributed by atoms with Crippen LogP contribution in [0.25, 0.3) is 10.9 Å². The van der Waals surface area contributed by atoms with E-state index in [1.165, 1.54) is 11.8 Å². The van der Waals surface area contributed by atoms with E-state index in [-0.39, 0.29) is 11.3 Å². The van der Waals surface area contributed by atoms with E-state index in [1.807, 2.05) is 30.3 Å². The minimum Gasteiger partial charge on any atom is -0.492 e. The number of hydrogen-bond donors (Lipinski definition) is 0. The Labute approximate surface area is 201 Å². The molecular weight excluding hydrogens is 456 g/mol. The van der Waals surface area contributed by atoms with Crippen molar-refractivity contribution in [2.75, 3.05) is 12.5 Å². The van der Waals surface area contributed by atoms with E-state index >= 15 is 0 Å². The largest absolute Gasteiger partial charge is 0.492 e. The van der Waals surface area contributed by atoms with Crippen molar-refractivity contribution in [2.45, 2.75) is 17.8 Å². The van der Waals surface area contributed by atoms with Gasteiger partial charge in [-0.15, -0.1) is 11.6 Å². The van der Waals surface area contributed by atoms with Crippen molar-refractivity contribution in [1.29, 1.82) is 0 Å². The molecule has 0 fully saturated rings. The second-order valence-electron chi connectivity index (χ2n) is 7.56. The van der Waals surface area contributed by atoms with Gasteiger partial charge in [0.05, 0.1) is 16.8 Å². The molecule has 0 amide bonds. The first-order valence-electron chi connectivity index (χ1n) is 10.5. The molecular formula is C26H23ClN2O3S. The van der Waals surface area contributed by atoms with Gasteiger partial charge in [-0.3, -0.25) is 14.2 Å². The van der Waals surface area contributed by atoms with Gasteiger partial charge in [-0.25, -0.2) is 4.98 Å². The van der Waals surface area contributed by atoms with Crippen LogP contribution in [0.3, 0.4) is 0 Å². The number of thioether (sulfide) groups is 1. The summed E-state index contributed by atoms with van der Waals surface area (Å²) in [6.07, 6.45) is 0. The van der Waals surface area contributed by atoms with Crippen molar-refractivity contribution in [3.05, 3.63) is 99.3 Å². The highest BCUT2D eigenvalue weighted by atomic mass is 35.5. The van der Waals surface area contributed by atoms with Crippen molar-refractivity contribution < 1.29 is 9.53 Å². The van der Waals surface area contributed by atoms with Gasteiger partial charge >= 0.3 is 0 Å². The Hall–Kier alpha value is -3.09. The normalized spacial score (nSPS) is 11.0. The average molecular weight is 479 g/mol. The number of aromatic nitrogens is 2. The maximum absolute atomic E-state index is 13.2. The third-order valence-electron chi connectivity index (χ3n) is 5.38. The molecule has 0 aliphatic rings. The highest BCUT2D eigenvalue weighted by Crippen LogP contribution is 2.25. The summed E-state index contributed by atoms with van der Waals surface area (Å²) in [6.45, 7) is 2.20. The predicted octanol–water partition coefficient (Wildman–Crippen LogP) is 5.38. The molecule has 1 aromatic heterocycles. The number of hydrogen-bond acceptors (Lipinski definition) is 5. The Morgan fingerprint density at radius 3 is 2.48 bits per heavy atom. The van der Waals surface area contributed by atoms with Crippen molar-refractivity contribution in [3.8, 4) is 5.75 Å². The van der Waals surface area contributed by atoms with Crippen LogP contribution in [0.5, 0.6) is 5.75 Å². The zero-order valence-corrected chi connectivity index (χ0v) is 19.9. The van der Waals surface area contributed by atoms with E-state index in [2.05, 4.69) is 0 Å². The van der Waals surface area contributed by atoms with Gasteiger partial charge in [-0.1, -0.05) is 42.1 Å². The van der Waals surface area contributed by atoms with E-state index < -0.39 is 0 Å². The van der Waals surface area contributed by atoms with Gasteiger partial charge < -0.3 is 4.74 Å². The van der Waals surface area contributed by atoms with Crippen molar-refractivity contribution in [3.63, 3.8) is 0 Å². The third kappa shape index (κ3) is 4.97. The molecule has 0 atom stereocenters. The number of halogens is 1. The Kier molecular flexibility index (Phi) is 7.16. The minimum atomic E-state index is -0.160. The van der Waals surface area contributed by atoms with E-state index in [4.69, 9.17) is 21.3 Å². The van der Waals surface area contributed by atoms with Gasteiger partial charge in [0.25, 0.3) is 5.56 Å². The number of nitrogens with zero attached hydrogens (tertiary/aromatic N) is 2. The molecule has 168 valence electrons. The summed E-state index contributed by atoms with van der Waals surface area (Å²) >= 11 is 7.16. The number of ketones is 1. The summed E-state index contributed by atoms with van der Waals surface area (Å²) in [7, 11) is 1.72. The first-order valence-corrected chi connectivity index (χ1v) is 12.0. The van der Waals surface area contributed by atoms with Gasteiger partial charge in [0, 0.05) is 23.9 Å². The Bertz CT molecular complexity index is 1350. The van der Waals surface area contributed by atoms with Gasteiger partial charge in [0.1, 0.15) is 12.4 Å². The second-order valence-corrected chi connectivity index (χ2v) is 8.88. The maximum Gasteiger partial charge on any atom is 0.262 e. The molecule has 7 heteroatoms. The summed E-state index contributed by atoms with van der Waals surface area (Å²) in [5, 5.41) is 1.11. The topological polar surface area (TPSA) is 61.2 Å². The molecule has 33 heavy (non-hydrogen) atoms. The number of fused-ring (bicyclic) bond motifs is 1. The molecule has 0 N–H and O–H groups in total. The Morgan fingerprint density at radius 2 is 1.79 bits per heavy atom. The highest BCUT2D eigenvalue weighted by Gasteiger charge is 2.18. The SMILES string of the molecule is Cc1c(C(=O)c2ccc(OCCCl)cc2)ccc2nc(SCc3ccccc3)n(C)c(=O)c12. The van der Waals surface area contributed by atoms with Crippen LogP contribution in [0.1, 0.15) is 27.0 Å². The Morgan fingerprint density at radius 1 is 1.06 bits per heavy atom. The molecule has 0 saturated heterocycles. The second kappa shape index (κ2) is 10.2. The highest BCUT2D eigenvalue weighted by molar-refractivity contribution is 7.98. The summed E-state index contributed by atoms with van der Waals surface area (Å²) in [6, 6.07) is 20.5. The standard InChI is InChI=1S/C26H23ClN2O3S/c1-17-21(24(30)19-8-10-20(11-9-19)32-15-14-27)12-13-22-23(17)25(31)29(2)26(28-22)33-16-18-6-4-3-5-7-18/h3-13H,14-16H2,1-2H3. The smallest absolute Gasteiger partial charge is 0.262 e. The summed E-state index contributed by atoms with van der Waals surface area (Å²) < 4.78 is 7.02. The van der Waals surface area contributed by atoms with Crippen LogP contribution in [-0.4, -0.2) is 27.8 Å². The summed E-state index contributed by atoms with van der Waals surface area (Å²) in [5.41, 5.74) is 3.23. The fourth-order valence-corrected chi connectivity index (χ4v) is 4.61. The molecule has 5 nitrogen and oxygen atoms in total. The molecule has 4 rings (SSSR count). The molecule has 1 heterocycles. The van der Waals surface area contributed by atoms with Gasteiger partial charge in [0.15, 0.2) is 10.9 Å². The van der Waals surface area contributed by atoms with Gasteiger partial charge in [0.2, 0.25) is 0 Å². The van der Waals surface area contributed by atoms with Crippen LogP contribution in [0.2, 0.25) is 0 Å². The number of carbonyl (C=O) groups is 1. The number of ether oxygens (including phenoxy) is 1. The number of alkyl halides is 1. The monoisotopic (exact) mass is 478 g/mol. The average Bonchev–Trinajstić information content (AvgIpc) is 2.84. The van der Waals surface area contributed by atoms with Crippen LogP contribution in [0.4, 0.5) is 0 Å². The molecule has 0 spiro atoms. The van der Waals surface area contributed by atoms with E-state index in [1.54, 1.807) is 54.9 Å². The maximum atomic E-state index is 13.2. The van der Waals surface area contributed by atoms with E-state index in [9.17, 15) is 9.59 Å². The predicted molar refractivity (Wildman–Crippen MR) is 134 cm³/mol. The molecule has 0 unspecified atom stereocenters. The zero-order valence-electron chi connectivity index (χ0n) is 18.4. The lowest BCUT2D eigenvalue weighted by Crippen LogP contribution is -2.21. The third-order valence-corrected chi connectivity index (χ3v) is 6.64. The molecule has 0 radical (unpaired) electrons. The van der Waals surface area contributed by atoms with E-state index in [0.29, 0.717) is 56.7 Å². The van der Waals surface area contributed by atoms with Crippen LogP contribution < -0.4 is 10.3 Å². The molecule has 3 aromatic carbocycles. The van der Waals surface area contributed by atoms with Crippen LogP contribution in [-0.2, 0) is 12.8 Å². The lowest BCUT2D eigenvalue weighted by Gasteiger charge is -2.13. The quantitative estimate of drug-likeness (QED) is 0.147. The van der Waals surface area contributed by atoms with Crippen molar-refractivity contribution in [1.82, 2.24) is 9.55 Å². The van der Waals surface area contributed by atoms with Crippen LogP contribution in [0, 0.1) is 6.92 Å². The first-order chi connectivity index (χ1) is 16.0. The fraction of sp³-hybridized carbons (Fsp3) is 0.192. The lowest BCUT2D eigenvalue weighted by molar-refractivity contribution is 0.103. The number of aryl methyl sites for hydroxylation is 1. The molecule has 4 aromatic rings. The first kappa shape index (κ1) is 23.1. The summed E-state index contributed by atoms with van der Waals surface area (Å²) in [4.78, 5) is 31.1. The minimum absolute atomic E-state index is 0.150. The van der Waals surface area contributed by atoms with Crippen LogP contribution >= 0.6 is 23.4 Å². The van der Waals surface area contributed by atoms with Gasteiger partial charge in [-0.05, 0) is 54.4 Å². The zero-order chi connectivity index (χ0) is 23.4. The van der Waals surface area contributed by atoms with Crippen LogP contribution in [0.15, 0.2) is 76.7 Å². The number of benzene rings is 3. The Balaban J connectivity index is 1.65. The van der Waals surface area contributed by atoms with Gasteiger partial charge in [-0.2, -0.15) is 0 Å². The molecule has 0 saturated carbocycles. The molecule has 0 bridgehead atoms. The van der Waals surface area contributed by atoms with Crippen molar-refractivity contribution >= 4 is 40.0 Å². The number of rotatable bonds is 8. The molecule has 0 aliphatic heterocycles.